The molecule has 5 nitrogen and oxygen atoms in total. The lowest BCUT2D eigenvalue weighted by Gasteiger charge is -2.30. The number of likely N-dealkylation sites (tertiary alicyclic amines) is 2. The molecule has 0 unspecified atom stereocenters. The summed E-state index contributed by atoms with van der Waals surface area (Å²) in [5.41, 5.74) is 3.24. The van der Waals surface area contributed by atoms with E-state index < -0.39 is 0 Å². The second-order valence-corrected chi connectivity index (χ2v) is 8.20. The highest BCUT2D eigenvalue weighted by Gasteiger charge is 2.32. The number of nitrogens with zero attached hydrogens (tertiary/aromatic N) is 3. The van der Waals surface area contributed by atoms with Gasteiger partial charge in [-0.05, 0) is 68.5 Å². The number of hydrogen-bond donors (Lipinski definition) is 0. The van der Waals surface area contributed by atoms with Crippen molar-refractivity contribution in [1.82, 2.24) is 14.7 Å². The van der Waals surface area contributed by atoms with Gasteiger partial charge in [0.25, 0.3) is 5.91 Å². The van der Waals surface area contributed by atoms with Gasteiger partial charge in [0.15, 0.2) is 0 Å². The summed E-state index contributed by atoms with van der Waals surface area (Å²) in [6.45, 7) is 7.64. The SMILES string of the molecule is CCC(=O)N1CCc2cc(C(=O)N3CCC[C@H]3CN3CCCC3)ccc2C1. The van der Waals surface area contributed by atoms with Crippen LogP contribution in [0.25, 0.3) is 0 Å². The van der Waals surface area contributed by atoms with Crippen LogP contribution in [0.5, 0.6) is 0 Å². The Labute approximate surface area is 162 Å². The first-order valence-electron chi connectivity index (χ1n) is 10.6. The van der Waals surface area contributed by atoms with Gasteiger partial charge in [-0.15, -0.1) is 0 Å². The van der Waals surface area contributed by atoms with Gasteiger partial charge in [0.2, 0.25) is 5.91 Å². The molecular weight excluding hydrogens is 338 g/mol. The van der Waals surface area contributed by atoms with Crippen molar-refractivity contribution < 1.29 is 9.59 Å². The van der Waals surface area contributed by atoms with E-state index in [0.29, 0.717) is 19.0 Å². The molecule has 2 saturated heterocycles. The zero-order valence-corrected chi connectivity index (χ0v) is 16.5. The van der Waals surface area contributed by atoms with E-state index in [1.54, 1.807) is 0 Å². The summed E-state index contributed by atoms with van der Waals surface area (Å²) in [6.07, 6.45) is 6.23. The second kappa shape index (κ2) is 8.01. The van der Waals surface area contributed by atoms with Crippen molar-refractivity contribution in [3.63, 3.8) is 0 Å². The lowest BCUT2D eigenvalue weighted by atomic mass is 9.96. The van der Waals surface area contributed by atoms with Gasteiger partial charge < -0.3 is 14.7 Å². The molecule has 0 bridgehead atoms. The molecule has 1 atom stereocenters. The Balaban J connectivity index is 1.45. The van der Waals surface area contributed by atoms with Crippen molar-refractivity contribution in [1.29, 1.82) is 0 Å². The van der Waals surface area contributed by atoms with Crippen molar-refractivity contribution in [2.24, 2.45) is 0 Å². The third kappa shape index (κ3) is 3.88. The van der Waals surface area contributed by atoms with Gasteiger partial charge in [-0.1, -0.05) is 13.0 Å². The molecule has 1 aromatic carbocycles. The Morgan fingerprint density at radius 1 is 1.04 bits per heavy atom. The first-order chi connectivity index (χ1) is 13.2. The first-order valence-corrected chi connectivity index (χ1v) is 10.6. The van der Waals surface area contributed by atoms with E-state index in [1.165, 1.54) is 37.1 Å². The Morgan fingerprint density at radius 3 is 2.63 bits per heavy atom. The van der Waals surface area contributed by atoms with Crippen LogP contribution in [0.1, 0.15) is 60.5 Å². The van der Waals surface area contributed by atoms with Gasteiger partial charge in [-0.25, -0.2) is 0 Å². The average Bonchev–Trinajstić information content (AvgIpc) is 3.38. The molecule has 3 aliphatic heterocycles. The molecule has 0 radical (unpaired) electrons. The molecule has 0 spiro atoms. The van der Waals surface area contributed by atoms with Crippen LogP contribution in [-0.4, -0.2) is 65.3 Å². The first kappa shape index (κ1) is 18.5. The summed E-state index contributed by atoms with van der Waals surface area (Å²) in [4.78, 5) is 31.7. The number of hydrogen-bond acceptors (Lipinski definition) is 3. The number of carbonyl (C=O) groups excluding carboxylic acids is 2. The summed E-state index contributed by atoms with van der Waals surface area (Å²) in [6, 6.07) is 6.47. The van der Waals surface area contributed by atoms with Crippen LogP contribution >= 0.6 is 0 Å². The highest BCUT2D eigenvalue weighted by atomic mass is 16.2. The molecule has 0 aromatic heterocycles. The van der Waals surface area contributed by atoms with E-state index in [2.05, 4.69) is 21.9 Å². The van der Waals surface area contributed by atoms with Gasteiger partial charge in [0, 0.05) is 44.2 Å². The topological polar surface area (TPSA) is 43.9 Å². The monoisotopic (exact) mass is 369 g/mol. The minimum Gasteiger partial charge on any atom is -0.338 e. The zero-order valence-electron chi connectivity index (χ0n) is 16.5. The van der Waals surface area contributed by atoms with Crippen molar-refractivity contribution in [3.8, 4) is 0 Å². The smallest absolute Gasteiger partial charge is 0.254 e. The molecule has 146 valence electrons. The maximum Gasteiger partial charge on any atom is 0.254 e. The summed E-state index contributed by atoms with van der Waals surface area (Å²) < 4.78 is 0. The number of amides is 2. The maximum absolute atomic E-state index is 13.2. The molecule has 5 heteroatoms. The van der Waals surface area contributed by atoms with Gasteiger partial charge in [0.1, 0.15) is 0 Å². The molecule has 1 aromatic rings. The van der Waals surface area contributed by atoms with Gasteiger partial charge in [0.05, 0.1) is 0 Å². The van der Waals surface area contributed by atoms with Crippen molar-refractivity contribution in [3.05, 3.63) is 34.9 Å². The number of rotatable bonds is 4. The van der Waals surface area contributed by atoms with Gasteiger partial charge in [-0.2, -0.15) is 0 Å². The van der Waals surface area contributed by atoms with Crippen LogP contribution in [0, 0.1) is 0 Å². The van der Waals surface area contributed by atoms with Crippen LogP contribution in [0.3, 0.4) is 0 Å². The second-order valence-electron chi connectivity index (χ2n) is 8.20. The largest absolute Gasteiger partial charge is 0.338 e. The Morgan fingerprint density at radius 2 is 1.85 bits per heavy atom. The van der Waals surface area contributed by atoms with Crippen molar-refractivity contribution in [2.45, 2.75) is 58.0 Å². The van der Waals surface area contributed by atoms with Crippen LogP contribution < -0.4 is 0 Å². The molecule has 3 heterocycles. The Bertz CT molecular complexity index is 712. The lowest BCUT2D eigenvalue weighted by Crippen LogP contribution is -2.42. The lowest BCUT2D eigenvalue weighted by molar-refractivity contribution is -0.131. The highest BCUT2D eigenvalue weighted by molar-refractivity contribution is 5.95. The van der Waals surface area contributed by atoms with Crippen molar-refractivity contribution in [2.75, 3.05) is 32.7 Å². The van der Waals surface area contributed by atoms with Crippen LogP contribution in [0.4, 0.5) is 0 Å². The normalized spacial score (nSPS) is 22.9. The zero-order chi connectivity index (χ0) is 18.8. The minimum absolute atomic E-state index is 0.187. The van der Waals surface area contributed by atoms with E-state index in [0.717, 1.165) is 44.5 Å². The van der Waals surface area contributed by atoms with E-state index in [4.69, 9.17) is 0 Å². The van der Waals surface area contributed by atoms with E-state index in [9.17, 15) is 9.59 Å². The van der Waals surface area contributed by atoms with E-state index in [-0.39, 0.29) is 11.8 Å². The molecular formula is C22H31N3O2. The van der Waals surface area contributed by atoms with Crippen molar-refractivity contribution >= 4 is 11.8 Å². The number of fused-ring (bicyclic) bond motifs is 1. The fourth-order valence-corrected chi connectivity index (χ4v) is 4.84. The Hall–Kier alpha value is -1.88. The number of carbonyl (C=O) groups is 2. The molecule has 0 N–H and O–H groups in total. The highest BCUT2D eigenvalue weighted by Crippen LogP contribution is 2.25. The molecule has 4 rings (SSSR count). The van der Waals surface area contributed by atoms with Crippen LogP contribution in [-0.2, 0) is 17.8 Å². The van der Waals surface area contributed by atoms with E-state index >= 15 is 0 Å². The maximum atomic E-state index is 13.2. The quantitative estimate of drug-likeness (QED) is 0.820. The van der Waals surface area contributed by atoms with E-state index in [1.807, 2.05) is 17.9 Å². The molecule has 0 aliphatic carbocycles. The third-order valence-electron chi connectivity index (χ3n) is 6.43. The molecule has 27 heavy (non-hydrogen) atoms. The third-order valence-corrected chi connectivity index (χ3v) is 6.43. The fraction of sp³-hybridized carbons (Fsp3) is 0.636. The fourth-order valence-electron chi connectivity index (χ4n) is 4.84. The molecule has 3 aliphatic rings. The predicted molar refractivity (Wildman–Crippen MR) is 106 cm³/mol. The van der Waals surface area contributed by atoms with Crippen LogP contribution in [0.15, 0.2) is 18.2 Å². The van der Waals surface area contributed by atoms with Crippen LogP contribution in [0.2, 0.25) is 0 Å². The molecule has 2 amide bonds. The molecule has 0 saturated carbocycles. The summed E-state index contributed by atoms with van der Waals surface area (Å²) >= 11 is 0. The predicted octanol–water partition coefficient (Wildman–Crippen LogP) is 2.68. The van der Waals surface area contributed by atoms with Gasteiger partial charge >= 0.3 is 0 Å². The summed E-state index contributed by atoms with van der Waals surface area (Å²) in [5, 5.41) is 0. The average molecular weight is 370 g/mol. The summed E-state index contributed by atoms with van der Waals surface area (Å²) in [5.74, 6) is 0.397. The number of benzene rings is 1. The summed E-state index contributed by atoms with van der Waals surface area (Å²) in [7, 11) is 0. The minimum atomic E-state index is 0.187. The standard InChI is InChI=1S/C22H31N3O2/c1-2-21(26)24-13-9-17-14-18(7-8-19(17)15-24)22(27)25-12-5-6-20(25)16-23-10-3-4-11-23/h7-8,14,20H,2-6,9-13,15-16H2,1H3/t20-/m0/s1. The Kier molecular flexibility index (Phi) is 5.48. The van der Waals surface area contributed by atoms with Gasteiger partial charge in [-0.3, -0.25) is 9.59 Å². The molecule has 2 fully saturated rings.